The van der Waals surface area contributed by atoms with Crippen molar-refractivity contribution in [3.05, 3.63) is 66.4 Å². The fourth-order valence-corrected chi connectivity index (χ4v) is 4.02. The van der Waals surface area contributed by atoms with E-state index in [9.17, 15) is 4.79 Å². The summed E-state index contributed by atoms with van der Waals surface area (Å²) >= 11 is 0. The molecule has 2 atom stereocenters. The van der Waals surface area contributed by atoms with Gasteiger partial charge in [0.25, 0.3) is 0 Å². The molecule has 2 unspecified atom stereocenters. The highest BCUT2D eigenvalue weighted by molar-refractivity contribution is 5.98. The molecule has 4 nitrogen and oxygen atoms in total. The number of carbonyl (C=O) groups is 1. The molecule has 2 aliphatic rings. The first-order chi connectivity index (χ1) is 10.8. The molecule has 1 aromatic carbocycles. The number of hydrogen-bond donors (Lipinski definition) is 0. The standard InChI is InChI=1S/C18H15N3O/c22-18-14(7-9-20-8-3-6-15(18)20)17-13-5-2-1-4-12(13)16-10-19-11-21(16)17/h1-6,8,10-11,14,17H,7,9H2. The summed E-state index contributed by atoms with van der Waals surface area (Å²) in [7, 11) is 0. The number of fused-ring (bicyclic) bond motifs is 4. The van der Waals surface area contributed by atoms with Gasteiger partial charge in [0.05, 0.1) is 35.9 Å². The molecule has 0 radical (unpaired) electrons. The monoisotopic (exact) mass is 289 g/mol. The van der Waals surface area contributed by atoms with E-state index in [1.54, 1.807) is 0 Å². The highest BCUT2D eigenvalue weighted by Gasteiger charge is 2.40. The number of hydrogen-bond acceptors (Lipinski definition) is 2. The van der Waals surface area contributed by atoms with Crippen molar-refractivity contribution < 1.29 is 4.79 Å². The van der Waals surface area contributed by atoms with Gasteiger partial charge in [-0.3, -0.25) is 4.79 Å². The second kappa shape index (κ2) is 4.19. The van der Waals surface area contributed by atoms with E-state index in [-0.39, 0.29) is 17.7 Å². The first kappa shape index (κ1) is 12.0. The largest absolute Gasteiger partial charge is 0.345 e. The second-order valence-corrected chi connectivity index (χ2v) is 6.06. The number of ketones is 1. The predicted molar refractivity (Wildman–Crippen MR) is 82.7 cm³/mol. The van der Waals surface area contributed by atoms with Crippen LogP contribution in [0.25, 0.3) is 11.3 Å². The Morgan fingerprint density at radius 1 is 1.09 bits per heavy atom. The normalized spacial score (nSPS) is 22.3. The van der Waals surface area contributed by atoms with E-state index >= 15 is 0 Å². The van der Waals surface area contributed by atoms with E-state index in [1.165, 1.54) is 11.1 Å². The zero-order chi connectivity index (χ0) is 14.7. The molecule has 2 aromatic heterocycles. The summed E-state index contributed by atoms with van der Waals surface area (Å²) in [6.45, 7) is 0.904. The predicted octanol–water partition coefficient (Wildman–Crippen LogP) is 3.16. The number of benzene rings is 1. The molecule has 0 spiro atoms. The Morgan fingerprint density at radius 3 is 2.95 bits per heavy atom. The van der Waals surface area contributed by atoms with Crippen molar-refractivity contribution in [1.82, 2.24) is 14.1 Å². The van der Waals surface area contributed by atoms with Gasteiger partial charge in [0.15, 0.2) is 5.78 Å². The van der Waals surface area contributed by atoms with Crippen LogP contribution < -0.4 is 0 Å². The summed E-state index contributed by atoms with van der Waals surface area (Å²) in [5.41, 5.74) is 4.41. The molecule has 4 heteroatoms. The molecule has 22 heavy (non-hydrogen) atoms. The van der Waals surface area contributed by atoms with Crippen LogP contribution in [0.15, 0.2) is 55.1 Å². The van der Waals surface area contributed by atoms with Gasteiger partial charge in [-0.2, -0.15) is 0 Å². The summed E-state index contributed by atoms with van der Waals surface area (Å²) in [5, 5.41) is 0. The van der Waals surface area contributed by atoms with Crippen molar-refractivity contribution >= 4 is 5.78 Å². The summed E-state index contributed by atoms with van der Waals surface area (Å²) in [6.07, 6.45) is 6.63. The zero-order valence-electron chi connectivity index (χ0n) is 12.0. The third-order valence-electron chi connectivity index (χ3n) is 5.00. The Hall–Kier alpha value is -2.62. The van der Waals surface area contributed by atoms with Crippen molar-refractivity contribution in [3.8, 4) is 11.3 Å². The third-order valence-corrected chi connectivity index (χ3v) is 5.00. The molecule has 0 bridgehead atoms. The first-order valence-corrected chi connectivity index (χ1v) is 7.65. The molecule has 0 amide bonds. The van der Waals surface area contributed by atoms with Gasteiger partial charge in [0.2, 0.25) is 0 Å². The minimum atomic E-state index is -0.0148. The van der Waals surface area contributed by atoms with Crippen molar-refractivity contribution in [1.29, 1.82) is 0 Å². The Labute approximate surface area is 128 Å². The van der Waals surface area contributed by atoms with Crippen LogP contribution in [0.4, 0.5) is 0 Å². The molecule has 0 fully saturated rings. The lowest BCUT2D eigenvalue weighted by Crippen LogP contribution is -2.32. The van der Waals surface area contributed by atoms with Gasteiger partial charge < -0.3 is 9.13 Å². The second-order valence-electron chi connectivity index (χ2n) is 6.06. The van der Waals surface area contributed by atoms with Gasteiger partial charge in [-0.15, -0.1) is 0 Å². The number of aromatic nitrogens is 3. The van der Waals surface area contributed by atoms with Crippen LogP contribution in [0.2, 0.25) is 0 Å². The highest BCUT2D eigenvalue weighted by atomic mass is 16.1. The van der Waals surface area contributed by atoms with E-state index < -0.39 is 0 Å². The van der Waals surface area contributed by atoms with Gasteiger partial charge >= 0.3 is 0 Å². The van der Waals surface area contributed by atoms with Crippen LogP contribution in [0, 0.1) is 5.92 Å². The molecule has 0 saturated heterocycles. The summed E-state index contributed by atoms with van der Waals surface area (Å²) in [4.78, 5) is 17.2. The van der Waals surface area contributed by atoms with Crippen molar-refractivity contribution in [2.75, 3.05) is 0 Å². The van der Waals surface area contributed by atoms with Crippen molar-refractivity contribution in [2.45, 2.75) is 19.0 Å². The van der Waals surface area contributed by atoms with Crippen LogP contribution in [0.5, 0.6) is 0 Å². The van der Waals surface area contributed by atoms with E-state index in [1.807, 2.05) is 36.9 Å². The Balaban J connectivity index is 1.66. The first-order valence-electron chi connectivity index (χ1n) is 7.65. The molecule has 3 aromatic rings. The van der Waals surface area contributed by atoms with Crippen LogP contribution in [-0.4, -0.2) is 19.9 Å². The van der Waals surface area contributed by atoms with Crippen LogP contribution >= 0.6 is 0 Å². The molecule has 0 aliphatic carbocycles. The van der Waals surface area contributed by atoms with Gasteiger partial charge in [-0.1, -0.05) is 24.3 Å². The SMILES string of the molecule is O=C1c2cccn2CCC1C1c2ccccc2-c2cncn21. The van der Waals surface area contributed by atoms with Gasteiger partial charge in [-0.25, -0.2) is 4.98 Å². The lowest BCUT2D eigenvalue weighted by molar-refractivity contribution is 0.0845. The maximum Gasteiger partial charge on any atom is 0.184 e. The smallest absolute Gasteiger partial charge is 0.184 e. The number of Topliss-reactive ketones (excluding diaryl/α,β-unsaturated/α-hetero) is 1. The van der Waals surface area contributed by atoms with E-state index in [2.05, 4.69) is 32.3 Å². The van der Waals surface area contributed by atoms with Crippen LogP contribution in [0.1, 0.15) is 28.5 Å². The average Bonchev–Trinajstić information content (AvgIpc) is 3.23. The fraction of sp³-hybridized carbons (Fsp3) is 0.222. The lowest BCUT2D eigenvalue weighted by atomic mass is 9.84. The maximum atomic E-state index is 13.0. The topological polar surface area (TPSA) is 39.8 Å². The average molecular weight is 289 g/mol. The van der Waals surface area contributed by atoms with Crippen molar-refractivity contribution in [3.63, 3.8) is 0 Å². The molecule has 2 aliphatic heterocycles. The van der Waals surface area contributed by atoms with Crippen LogP contribution in [-0.2, 0) is 6.54 Å². The molecular formula is C18H15N3O. The van der Waals surface area contributed by atoms with Gasteiger partial charge in [-0.05, 0) is 24.1 Å². The number of aryl methyl sites for hydroxylation is 1. The lowest BCUT2D eigenvalue weighted by Gasteiger charge is -2.29. The Morgan fingerprint density at radius 2 is 2.00 bits per heavy atom. The van der Waals surface area contributed by atoms with E-state index in [0.717, 1.165) is 24.4 Å². The number of carbonyl (C=O) groups excluding carboxylic acids is 1. The number of imidazole rings is 1. The third kappa shape index (κ3) is 1.42. The number of nitrogens with zero attached hydrogens (tertiary/aromatic N) is 3. The fourth-order valence-electron chi connectivity index (χ4n) is 4.02. The Bertz CT molecular complexity index is 889. The minimum absolute atomic E-state index is 0.0148. The summed E-state index contributed by atoms with van der Waals surface area (Å²) in [6, 6.07) is 12.3. The van der Waals surface area contributed by atoms with Crippen LogP contribution in [0.3, 0.4) is 0 Å². The molecular weight excluding hydrogens is 274 g/mol. The molecule has 5 rings (SSSR count). The summed E-state index contributed by atoms with van der Waals surface area (Å²) in [5.74, 6) is 0.233. The summed E-state index contributed by atoms with van der Waals surface area (Å²) < 4.78 is 4.24. The highest BCUT2D eigenvalue weighted by Crippen LogP contribution is 2.45. The maximum absolute atomic E-state index is 13.0. The quantitative estimate of drug-likeness (QED) is 0.690. The van der Waals surface area contributed by atoms with Gasteiger partial charge in [0, 0.05) is 18.3 Å². The Kier molecular flexibility index (Phi) is 2.28. The molecule has 0 N–H and O–H groups in total. The molecule has 108 valence electrons. The molecule has 0 saturated carbocycles. The van der Waals surface area contributed by atoms with Gasteiger partial charge in [0.1, 0.15) is 0 Å². The number of rotatable bonds is 1. The minimum Gasteiger partial charge on any atom is -0.345 e. The molecule has 4 heterocycles. The van der Waals surface area contributed by atoms with E-state index in [0.29, 0.717) is 0 Å². The van der Waals surface area contributed by atoms with E-state index in [4.69, 9.17) is 0 Å². The van der Waals surface area contributed by atoms with Crippen molar-refractivity contribution in [2.24, 2.45) is 5.92 Å². The zero-order valence-corrected chi connectivity index (χ0v) is 12.0.